The van der Waals surface area contributed by atoms with Crippen LogP contribution in [-0.2, 0) is 4.79 Å². The molecule has 4 nitrogen and oxygen atoms in total. The number of halogens is 2. The van der Waals surface area contributed by atoms with Crippen molar-refractivity contribution in [2.45, 2.75) is 4.90 Å². The first-order valence-corrected chi connectivity index (χ1v) is 10.5. The number of carbonyl (C=O) groups excluding carboxylic acids is 2. The molecule has 0 aliphatic heterocycles. The van der Waals surface area contributed by atoms with E-state index in [0.717, 1.165) is 15.1 Å². The van der Waals surface area contributed by atoms with Gasteiger partial charge in [-0.15, -0.1) is 11.8 Å². The van der Waals surface area contributed by atoms with Crippen molar-refractivity contribution in [3.05, 3.63) is 87.9 Å². The normalized spacial score (nSPS) is 10.4. The van der Waals surface area contributed by atoms with Crippen LogP contribution in [0.4, 0.5) is 11.4 Å². The molecule has 0 atom stereocenters. The van der Waals surface area contributed by atoms with Gasteiger partial charge in [0.05, 0.1) is 5.75 Å². The van der Waals surface area contributed by atoms with E-state index in [-0.39, 0.29) is 11.8 Å². The van der Waals surface area contributed by atoms with Gasteiger partial charge >= 0.3 is 0 Å². The zero-order valence-corrected chi connectivity index (χ0v) is 17.8. The minimum absolute atomic E-state index is 0.0781. The first-order valence-electron chi connectivity index (χ1n) is 8.35. The number of carbonyl (C=O) groups is 2. The van der Waals surface area contributed by atoms with Gasteiger partial charge in [-0.3, -0.25) is 9.59 Å². The smallest absolute Gasteiger partial charge is 0.255 e. The van der Waals surface area contributed by atoms with Gasteiger partial charge in [0.15, 0.2) is 0 Å². The number of hydrogen-bond donors (Lipinski definition) is 2. The molecule has 142 valence electrons. The maximum absolute atomic E-state index is 12.2. The third-order valence-electron chi connectivity index (χ3n) is 3.70. The fraction of sp³-hybridized carbons (Fsp3) is 0.0476. The van der Waals surface area contributed by atoms with Crippen molar-refractivity contribution >= 4 is 62.5 Å². The third-order valence-corrected chi connectivity index (χ3v) is 5.47. The van der Waals surface area contributed by atoms with E-state index in [1.807, 2.05) is 36.4 Å². The lowest BCUT2D eigenvalue weighted by molar-refractivity contribution is -0.113. The van der Waals surface area contributed by atoms with Gasteiger partial charge in [0.1, 0.15) is 0 Å². The second-order valence-electron chi connectivity index (χ2n) is 5.83. The lowest BCUT2D eigenvalue weighted by atomic mass is 10.2. The van der Waals surface area contributed by atoms with Gasteiger partial charge < -0.3 is 10.6 Å². The summed E-state index contributed by atoms with van der Waals surface area (Å²) in [5.74, 6) is -0.00738. The van der Waals surface area contributed by atoms with E-state index in [4.69, 9.17) is 11.6 Å². The highest BCUT2D eigenvalue weighted by atomic mass is 79.9. The monoisotopic (exact) mass is 474 g/mol. The molecule has 0 heterocycles. The average molecular weight is 476 g/mol. The van der Waals surface area contributed by atoms with E-state index in [9.17, 15) is 9.59 Å². The van der Waals surface area contributed by atoms with Gasteiger partial charge in [0.2, 0.25) is 5.91 Å². The Morgan fingerprint density at radius 2 is 1.54 bits per heavy atom. The Morgan fingerprint density at radius 1 is 0.893 bits per heavy atom. The zero-order chi connectivity index (χ0) is 19.9. The Bertz CT molecular complexity index is 978. The molecule has 7 heteroatoms. The van der Waals surface area contributed by atoms with Crippen LogP contribution in [0.3, 0.4) is 0 Å². The van der Waals surface area contributed by atoms with E-state index in [1.54, 1.807) is 36.4 Å². The van der Waals surface area contributed by atoms with Crippen molar-refractivity contribution in [3.63, 3.8) is 0 Å². The van der Waals surface area contributed by atoms with Crippen LogP contribution in [-0.4, -0.2) is 17.6 Å². The Balaban J connectivity index is 1.50. The van der Waals surface area contributed by atoms with Crippen molar-refractivity contribution in [1.82, 2.24) is 0 Å². The molecule has 0 radical (unpaired) electrons. The van der Waals surface area contributed by atoms with Crippen molar-refractivity contribution < 1.29 is 9.59 Å². The Morgan fingerprint density at radius 3 is 2.21 bits per heavy atom. The summed E-state index contributed by atoms with van der Waals surface area (Å²) in [7, 11) is 0. The van der Waals surface area contributed by atoms with Crippen LogP contribution in [0, 0.1) is 0 Å². The second kappa shape index (κ2) is 9.78. The summed E-state index contributed by atoms with van der Waals surface area (Å²) in [6, 6.07) is 21.5. The highest BCUT2D eigenvalue weighted by Gasteiger charge is 2.07. The van der Waals surface area contributed by atoms with Crippen LogP contribution in [0.1, 0.15) is 10.4 Å². The topological polar surface area (TPSA) is 58.2 Å². The zero-order valence-electron chi connectivity index (χ0n) is 14.6. The van der Waals surface area contributed by atoms with Crippen LogP contribution >= 0.6 is 39.3 Å². The highest BCUT2D eigenvalue weighted by Crippen LogP contribution is 2.22. The van der Waals surface area contributed by atoms with Crippen LogP contribution in [0.5, 0.6) is 0 Å². The van der Waals surface area contributed by atoms with Crippen LogP contribution in [0.2, 0.25) is 5.02 Å². The standard InChI is InChI=1S/C21H16BrClN2O2S/c22-15-4-6-17(7-5-15)24-20(26)13-28-19-10-8-18(9-11-19)25-21(27)14-2-1-3-16(23)12-14/h1-12H,13H2,(H,24,26)(H,25,27). The number of amides is 2. The molecular weight excluding hydrogens is 460 g/mol. The fourth-order valence-corrected chi connectivity index (χ4v) is 3.50. The maximum Gasteiger partial charge on any atom is 0.255 e. The number of nitrogens with one attached hydrogen (secondary N) is 2. The van der Waals surface area contributed by atoms with Crippen molar-refractivity contribution in [2.75, 3.05) is 16.4 Å². The largest absolute Gasteiger partial charge is 0.325 e. The van der Waals surface area contributed by atoms with E-state index in [0.29, 0.717) is 22.0 Å². The molecule has 0 spiro atoms. The Hall–Kier alpha value is -2.28. The summed E-state index contributed by atoms with van der Waals surface area (Å²) in [4.78, 5) is 25.2. The lowest BCUT2D eigenvalue weighted by Crippen LogP contribution is -2.13. The number of rotatable bonds is 6. The third kappa shape index (κ3) is 6.12. The average Bonchev–Trinajstić information content (AvgIpc) is 2.69. The van der Waals surface area contributed by atoms with Gasteiger partial charge in [-0.2, -0.15) is 0 Å². The summed E-state index contributed by atoms with van der Waals surface area (Å²) >= 11 is 10.7. The summed E-state index contributed by atoms with van der Waals surface area (Å²) < 4.78 is 0.961. The predicted molar refractivity (Wildman–Crippen MR) is 119 cm³/mol. The first kappa shape index (κ1) is 20.5. The molecular formula is C21H16BrClN2O2S. The van der Waals surface area contributed by atoms with E-state index in [2.05, 4.69) is 26.6 Å². The molecule has 3 rings (SSSR count). The molecule has 0 saturated heterocycles. The molecule has 0 fully saturated rings. The number of benzene rings is 3. The Labute approximate surface area is 180 Å². The van der Waals surface area contributed by atoms with Crippen LogP contribution < -0.4 is 10.6 Å². The molecule has 3 aromatic carbocycles. The maximum atomic E-state index is 12.2. The summed E-state index contributed by atoms with van der Waals surface area (Å²) in [5, 5.41) is 6.19. The minimum atomic E-state index is -0.225. The molecule has 2 amide bonds. The SMILES string of the molecule is O=C(CSc1ccc(NC(=O)c2cccc(Cl)c2)cc1)Nc1ccc(Br)cc1. The fourth-order valence-electron chi connectivity index (χ4n) is 2.35. The number of thioether (sulfide) groups is 1. The number of hydrogen-bond acceptors (Lipinski definition) is 3. The molecule has 3 aromatic rings. The molecule has 0 saturated carbocycles. The van der Waals surface area contributed by atoms with Crippen molar-refractivity contribution in [1.29, 1.82) is 0 Å². The van der Waals surface area contributed by atoms with E-state index < -0.39 is 0 Å². The van der Waals surface area contributed by atoms with Crippen LogP contribution in [0.15, 0.2) is 82.2 Å². The number of anilines is 2. The summed E-state index contributed by atoms with van der Waals surface area (Å²) in [6.07, 6.45) is 0. The van der Waals surface area contributed by atoms with Crippen molar-refractivity contribution in [2.24, 2.45) is 0 Å². The molecule has 0 aliphatic carbocycles. The van der Waals surface area contributed by atoms with E-state index in [1.165, 1.54) is 11.8 Å². The van der Waals surface area contributed by atoms with Crippen molar-refractivity contribution in [3.8, 4) is 0 Å². The second-order valence-corrected chi connectivity index (χ2v) is 8.23. The summed E-state index contributed by atoms with van der Waals surface area (Å²) in [5.41, 5.74) is 1.93. The molecule has 0 bridgehead atoms. The van der Waals surface area contributed by atoms with Gasteiger partial charge in [0, 0.05) is 31.3 Å². The molecule has 0 aliphatic rings. The Kier molecular flexibility index (Phi) is 7.14. The lowest BCUT2D eigenvalue weighted by Gasteiger charge is -2.08. The van der Waals surface area contributed by atoms with Gasteiger partial charge in [-0.25, -0.2) is 0 Å². The first-order chi connectivity index (χ1) is 13.5. The van der Waals surface area contributed by atoms with Gasteiger partial charge in [0.25, 0.3) is 5.91 Å². The minimum Gasteiger partial charge on any atom is -0.325 e. The quantitative estimate of drug-likeness (QED) is 0.424. The van der Waals surface area contributed by atoms with Gasteiger partial charge in [-0.05, 0) is 66.7 Å². The molecule has 2 N–H and O–H groups in total. The van der Waals surface area contributed by atoms with Crippen LogP contribution in [0.25, 0.3) is 0 Å². The molecule has 0 unspecified atom stereocenters. The molecule has 28 heavy (non-hydrogen) atoms. The van der Waals surface area contributed by atoms with Gasteiger partial charge in [-0.1, -0.05) is 33.6 Å². The van der Waals surface area contributed by atoms with E-state index >= 15 is 0 Å². The highest BCUT2D eigenvalue weighted by molar-refractivity contribution is 9.10. The summed E-state index contributed by atoms with van der Waals surface area (Å²) in [6.45, 7) is 0. The predicted octanol–water partition coefficient (Wildman–Crippen LogP) is 6.09. The molecule has 0 aromatic heterocycles.